The molecular formula is C46H57FN6O7. The maximum atomic E-state index is 13.3. The Balaban J connectivity index is 0.961. The molecule has 60 heavy (non-hydrogen) atoms. The molecule has 1 aliphatic carbocycles. The van der Waals surface area contributed by atoms with E-state index in [4.69, 9.17) is 14.2 Å². The van der Waals surface area contributed by atoms with E-state index >= 15 is 0 Å². The molecule has 13 nitrogen and oxygen atoms in total. The summed E-state index contributed by atoms with van der Waals surface area (Å²) in [6.07, 6.45) is 6.81. The molecule has 3 aromatic carbocycles. The van der Waals surface area contributed by atoms with Crippen molar-refractivity contribution in [1.82, 2.24) is 15.6 Å². The predicted octanol–water partition coefficient (Wildman–Crippen LogP) is 7.60. The molecule has 6 rings (SSSR count). The number of anilines is 3. The number of carbonyl (C=O) groups is 4. The second-order valence-electron chi connectivity index (χ2n) is 16.7. The molecule has 1 atom stereocenters. The number of nitrogens with one attached hydrogen (secondary N) is 4. The van der Waals surface area contributed by atoms with Crippen LogP contribution >= 0.6 is 0 Å². The van der Waals surface area contributed by atoms with E-state index in [0.717, 1.165) is 61.1 Å². The Bertz CT molecular complexity index is 2130. The first kappa shape index (κ1) is 43.8. The molecule has 2 fully saturated rings. The summed E-state index contributed by atoms with van der Waals surface area (Å²) in [5.74, 6) is 0.875. The standard InChI is InChI=1S/C46H57FN6O7/c1-6-48-42(55)41(45(2,3)4)52-40(54)20-27-59-26-7-8-30-18-24-53(25-19-30)37-29-36-35(28-39(37)58-5)38(17-23-49-36)60-34-15-13-33(14-16-34)51-44(57)46(21-22-46)43(56)50-32-11-9-31(47)10-12-32/h9-17,23,28-30,41H,6-8,18-22,24-27H2,1-5H3,(H,48,55)(H,50,56)(H,51,57)(H,52,54)/t41-/m1/s1. The van der Waals surface area contributed by atoms with Crippen molar-refractivity contribution >= 4 is 51.6 Å². The van der Waals surface area contributed by atoms with E-state index in [1.54, 1.807) is 43.6 Å². The molecule has 0 radical (unpaired) electrons. The van der Waals surface area contributed by atoms with Crippen LogP contribution in [0.4, 0.5) is 21.5 Å². The Hall–Kier alpha value is -5.76. The second-order valence-corrected chi connectivity index (χ2v) is 16.7. The Labute approximate surface area is 351 Å². The first-order valence-electron chi connectivity index (χ1n) is 20.8. The van der Waals surface area contributed by atoms with Gasteiger partial charge in [-0.3, -0.25) is 24.2 Å². The molecule has 0 unspecified atom stereocenters. The molecule has 2 heterocycles. The van der Waals surface area contributed by atoms with E-state index in [1.807, 2.05) is 39.8 Å². The van der Waals surface area contributed by atoms with Gasteiger partial charge in [0, 0.05) is 55.6 Å². The maximum absolute atomic E-state index is 13.3. The topological polar surface area (TPSA) is 160 Å². The van der Waals surface area contributed by atoms with Crippen LogP contribution in [0.3, 0.4) is 0 Å². The van der Waals surface area contributed by atoms with Gasteiger partial charge in [-0.2, -0.15) is 0 Å². The Morgan fingerprint density at radius 2 is 1.55 bits per heavy atom. The van der Waals surface area contributed by atoms with E-state index in [9.17, 15) is 23.6 Å². The van der Waals surface area contributed by atoms with Gasteiger partial charge in [-0.25, -0.2) is 4.39 Å². The van der Waals surface area contributed by atoms with Gasteiger partial charge in [0.25, 0.3) is 0 Å². The van der Waals surface area contributed by atoms with E-state index in [-0.39, 0.29) is 18.2 Å². The highest BCUT2D eigenvalue weighted by molar-refractivity contribution is 6.17. The van der Waals surface area contributed by atoms with Gasteiger partial charge in [-0.15, -0.1) is 0 Å². The number of piperidine rings is 1. The van der Waals surface area contributed by atoms with Gasteiger partial charge in [0.15, 0.2) is 0 Å². The normalized spacial score (nSPS) is 15.5. The molecule has 14 heteroatoms. The van der Waals surface area contributed by atoms with Gasteiger partial charge < -0.3 is 40.4 Å². The molecule has 1 aromatic heterocycles. The summed E-state index contributed by atoms with van der Waals surface area (Å²) >= 11 is 0. The molecular weight excluding hydrogens is 768 g/mol. The van der Waals surface area contributed by atoms with Crippen molar-refractivity contribution in [2.75, 3.05) is 55.5 Å². The third-order valence-electron chi connectivity index (χ3n) is 11.2. The van der Waals surface area contributed by atoms with Crippen LogP contribution in [0.15, 0.2) is 72.9 Å². The quantitative estimate of drug-likeness (QED) is 0.0585. The molecule has 0 bridgehead atoms. The van der Waals surface area contributed by atoms with Gasteiger partial charge in [0.05, 0.1) is 24.9 Å². The van der Waals surface area contributed by atoms with Gasteiger partial charge in [-0.1, -0.05) is 20.8 Å². The van der Waals surface area contributed by atoms with Crippen molar-refractivity contribution in [3.8, 4) is 17.2 Å². The number of methoxy groups -OCH3 is 1. The van der Waals surface area contributed by atoms with Crippen LogP contribution in [0.25, 0.3) is 10.9 Å². The lowest BCUT2D eigenvalue weighted by Gasteiger charge is -2.34. The third-order valence-corrected chi connectivity index (χ3v) is 11.2. The molecule has 4 amide bonds. The molecule has 2 aliphatic rings. The van der Waals surface area contributed by atoms with Crippen molar-refractivity contribution in [1.29, 1.82) is 0 Å². The Morgan fingerprint density at radius 1 is 0.900 bits per heavy atom. The summed E-state index contributed by atoms with van der Waals surface area (Å²) in [6.45, 7) is 10.8. The fourth-order valence-corrected chi connectivity index (χ4v) is 7.47. The molecule has 0 spiro atoms. The Morgan fingerprint density at radius 3 is 2.15 bits per heavy atom. The van der Waals surface area contributed by atoms with Gasteiger partial charge in [0.2, 0.25) is 23.6 Å². The average Bonchev–Trinajstić information content (AvgIpc) is 4.05. The minimum absolute atomic E-state index is 0.175. The maximum Gasteiger partial charge on any atom is 0.243 e. The van der Waals surface area contributed by atoms with Crippen LogP contribution in [-0.2, 0) is 23.9 Å². The van der Waals surface area contributed by atoms with Crippen molar-refractivity contribution in [2.45, 2.75) is 78.7 Å². The van der Waals surface area contributed by atoms with Crippen LogP contribution in [0, 0.1) is 22.6 Å². The number of amides is 4. The van der Waals surface area contributed by atoms with Crippen LogP contribution in [0.5, 0.6) is 17.2 Å². The zero-order valence-corrected chi connectivity index (χ0v) is 35.2. The van der Waals surface area contributed by atoms with Crippen LogP contribution in [-0.4, -0.2) is 74.6 Å². The largest absolute Gasteiger partial charge is 0.495 e. The van der Waals surface area contributed by atoms with E-state index in [2.05, 4.69) is 31.2 Å². The number of ether oxygens (including phenoxy) is 3. The fourth-order valence-electron chi connectivity index (χ4n) is 7.47. The highest BCUT2D eigenvalue weighted by Gasteiger charge is 2.56. The van der Waals surface area contributed by atoms with Crippen LogP contribution < -0.4 is 35.6 Å². The van der Waals surface area contributed by atoms with Crippen molar-refractivity contribution < 1.29 is 37.8 Å². The second kappa shape index (κ2) is 19.5. The van der Waals surface area contributed by atoms with E-state index in [0.29, 0.717) is 61.4 Å². The summed E-state index contributed by atoms with van der Waals surface area (Å²) in [7, 11) is 1.66. The lowest BCUT2D eigenvalue weighted by Crippen LogP contribution is -2.53. The number of aromatic nitrogens is 1. The zero-order valence-electron chi connectivity index (χ0n) is 35.2. The number of benzene rings is 3. The van der Waals surface area contributed by atoms with Crippen molar-refractivity contribution in [3.63, 3.8) is 0 Å². The number of rotatable bonds is 18. The summed E-state index contributed by atoms with van der Waals surface area (Å²) < 4.78 is 31.3. The van der Waals surface area contributed by atoms with Gasteiger partial charge in [0.1, 0.15) is 34.5 Å². The highest BCUT2D eigenvalue weighted by atomic mass is 19.1. The highest BCUT2D eigenvalue weighted by Crippen LogP contribution is 2.48. The monoisotopic (exact) mass is 824 g/mol. The first-order chi connectivity index (χ1) is 28.8. The summed E-state index contributed by atoms with van der Waals surface area (Å²) in [5.41, 5.74) is 1.14. The number of likely N-dealkylation sites (N-methyl/N-ethyl adjacent to an activating group) is 1. The van der Waals surface area contributed by atoms with Crippen LogP contribution in [0.1, 0.15) is 72.6 Å². The number of hydrogen-bond donors (Lipinski definition) is 4. The third kappa shape index (κ3) is 11.1. The summed E-state index contributed by atoms with van der Waals surface area (Å²) in [5, 5.41) is 12.0. The molecule has 4 aromatic rings. The van der Waals surface area contributed by atoms with E-state index < -0.39 is 34.5 Å². The molecule has 1 saturated heterocycles. The minimum Gasteiger partial charge on any atom is -0.495 e. The number of hydrogen-bond acceptors (Lipinski definition) is 9. The molecule has 320 valence electrons. The molecule has 4 N–H and O–H groups in total. The molecule has 1 saturated carbocycles. The van der Waals surface area contributed by atoms with Gasteiger partial charge in [-0.05, 0) is 124 Å². The number of carbonyl (C=O) groups excluding carboxylic acids is 4. The number of nitrogens with zero attached hydrogens (tertiary/aromatic N) is 2. The SMILES string of the molecule is CCNC(=O)[C@@H](NC(=O)CCOCCCC1CCN(c2cc3nccc(Oc4ccc(NC(=O)C5(C(=O)Nc6ccc(F)cc6)CC5)cc4)c3cc2OC)CC1)C(C)(C)C. The van der Waals surface area contributed by atoms with E-state index in [1.165, 1.54) is 24.3 Å². The summed E-state index contributed by atoms with van der Waals surface area (Å²) in [6, 6.07) is 17.6. The lowest BCUT2D eigenvalue weighted by molar-refractivity contribution is -0.132. The first-order valence-corrected chi connectivity index (χ1v) is 20.8. The Kier molecular flexibility index (Phi) is 14.3. The smallest absolute Gasteiger partial charge is 0.243 e. The number of fused-ring (bicyclic) bond motifs is 1. The van der Waals surface area contributed by atoms with Crippen molar-refractivity contribution in [3.05, 3.63) is 78.7 Å². The lowest BCUT2D eigenvalue weighted by atomic mass is 9.86. The minimum atomic E-state index is -1.17. The average molecular weight is 825 g/mol. The predicted molar refractivity (Wildman–Crippen MR) is 230 cm³/mol. The number of halogens is 1. The van der Waals surface area contributed by atoms with Gasteiger partial charge >= 0.3 is 0 Å². The summed E-state index contributed by atoms with van der Waals surface area (Å²) in [4.78, 5) is 58.1. The number of pyridine rings is 1. The van der Waals surface area contributed by atoms with Crippen LogP contribution in [0.2, 0.25) is 0 Å². The van der Waals surface area contributed by atoms with Crippen molar-refractivity contribution in [2.24, 2.45) is 16.7 Å². The molecule has 1 aliphatic heterocycles. The zero-order chi connectivity index (χ0) is 42.9. The fraction of sp³-hybridized carbons (Fsp3) is 0.457.